The Balaban J connectivity index is 1.66. The highest BCUT2D eigenvalue weighted by Crippen LogP contribution is 2.40. The zero-order valence-corrected chi connectivity index (χ0v) is 18.7. The second-order valence-corrected chi connectivity index (χ2v) is 9.14. The van der Waals surface area contributed by atoms with E-state index in [4.69, 9.17) is 9.72 Å². The van der Waals surface area contributed by atoms with Crippen molar-refractivity contribution in [3.05, 3.63) is 52.0 Å². The number of pyridine rings is 1. The minimum Gasteiger partial charge on any atom is -0.465 e. The van der Waals surface area contributed by atoms with Crippen LogP contribution in [0.3, 0.4) is 0 Å². The molecule has 9 heteroatoms. The maximum absolute atomic E-state index is 13.7. The molecule has 1 aliphatic rings. The Morgan fingerprint density at radius 1 is 1.19 bits per heavy atom. The Kier molecular flexibility index (Phi) is 6.48. The van der Waals surface area contributed by atoms with Gasteiger partial charge in [0.25, 0.3) is 5.91 Å². The molecule has 0 unspecified atom stereocenters. The molecule has 2 N–H and O–H groups in total. The molecule has 7 nitrogen and oxygen atoms in total. The van der Waals surface area contributed by atoms with E-state index in [1.807, 2.05) is 0 Å². The summed E-state index contributed by atoms with van der Waals surface area (Å²) in [5.41, 5.74) is 1.39. The standard InChI is InChI=1S/C23H24FN3O4S/c1-12-7-15(24)8-19(25-12)21(29)26-17-10-20-18(9-16(17)23(30)31-2)27-22(32-20)14-5-3-13(11-28)4-6-14/h7-10,13-14,28H,3-6,11H2,1-2H3,(H,26,29)/t13-,14-. The van der Waals surface area contributed by atoms with Gasteiger partial charge in [0.15, 0.2) is 0 Å². The van der Waals surface area contributed by atoms with E-state index < -0.39 is 17.7 Å². The zero-order valence-electron chi connectivity index (χ0n) is 17.9. The molecule has 2 heterocycles. The fourth-order valence-electron chi connectivity index (χ4n) is 4.07. The van der Waals surface area contributed by atoms with Crippen molar-refractivity contribution in [1.29, 1.82) is 0 Å². The third kappa shape index (κ3) is 4.63. The van der Waals surface area contributed by atoms with Gasteiger partial charge < -0.3 is 15.2 Å². The van der Waals surface area contributed by atoms with E-state index >= 15 is 0 Å². The predicted molar refractivity (Wildman–Crippen MR) is 120 cm³/mol. The number of hydrogen-bond acceptors (Lipinski definition) is 7. The van der Waals surface area contributed by atoms with E-state index in [-0.39, 0.29) is 23.6 Å². The minimum absolute atomic E-state index is 0.0796. The number of thiazole rings is 1. The molecule has 2 aromatic heterocycles. The van der Waals surface area contributed by atoms with Crippen LogP contribution < -0.4 is 5.32 Å². The van der Waals surface area contributed by atoms with Crippen molar-refractivity contribution < 1.29 is 23.8 Å². The number of hydrogen-bond donors (Lipinski definition) is 2. The predicted octanol–water partition coefficient (Wildman–Crippen LogP) is 4.44. The van der Waals surface area contributed by atoms with Crippen LogP contribution in [0, 0.1) is 18.7 Å². The number of esters is 1. The number of rotatable bonds is 5. The summed E-state index contributed by atoms with van der Waals surface area (Å²) in [5.74, 6) is -1.12. The lowest BCUT2D eigenvalue weighted by atomic mass is 9.83. The van der Waals surface area contributed by atoms with Crippen molar-refractivity contribution in [1.82, 2.24) is 9.97 Å². The van der Waals surface area contributed by atoms with Crippen molar-refractivity contribution >= 4 is 39.1 Å². The van der Waals surface area contributed by atoms with Crippen LogP contribution in [0.4, 0.5) is 10.1 Å². The van der Waals surface area contributed by atoms with Gasteiger partial charge in [-0.3, -0.25) is 4.79 Å². The van der Waals surface area contributed by atoms with Gasteiger partial charge in [-0.25, -0.2) is 19.2 Å². The first-order chi connectivity index (χ1) is 15.4. The van der Waals surface area contributed by atoms with Gasteiger partial charge in [-0.05, 0) is 56.7 Å². The molecule has 1 amide bonds. The van der Waals surface area contributed by atoms with Crippen LogP contribution in [0.1, 0.15) is 63.1 Å². The second kappa shape index (κ2) is 9.30. The molecule has 32 heavy (non-hydrogen) atoms. The number of nitrogens with zero attached hydrogens (tertiary/aromatic N) is 2. The average Bonchev–Trinajstić information content (AvgIpc) is 3.20. The molecule has 1 fully saturated rings. The van der Waals surface area contributed by atoms with Crippen molar-refractivity contribution in [2.45, 2.75) is 38.5 Å². The number of amides is 1. The highest BCUT2D eigenvalue weighted by Gasteiger charge is 2.25. The van der Waals surface area contributed by atoms with Crippen molar-refractivity contribution in [3.8, 4) is 0 Å². The van der Waals surface area contributed by atoms with Crippen molar-refractivity contribution in [3.63, 3.8) is 0 Å². The van der Waals surface area contributed by atoms with Crippen molar-refractivity contribution in [2.75, 3.05) is 19.0 Å². The summed E-state index contributed by atoms with van der Waals surface area (Å²) in [6.45, 7) is 1.82. The van der Waals surface area contributed by atoms with Gasteiger partial charge in [-0.2, -0.15) is 0 Å². The van der Waals surface area contributed by atoms with E-state index in [1.165, 1.54) is 24.5 Å². The lowest BCUT2D eigenvalue weighted by molar-refractivity contribution is 0.0602. The van der Waals surface area contributed by atoms with Crippen LogP contribution >= 0.6 is 11.3 Å². The molecule has 0 aliphatic heterocycles. The summed E-state index contributed by atoms with van der Waals surface area (Å²) < 4.78 is 19.4. The second-order valence-electron chi connectivity index (χ2n) is 8.08. The van der Waals surface area contributed by atoms with Gasteiger partial charge in [-0.1, -0.05) is 0 Å². The minimum atomic E-state index is -0.621. The molecular weight excluding hydrogens is 433 g/mol. The average molecular weight is 458 g/mol. The van der Waals surface area contributed by atoms with Crippen LogP contribution in [0.2, 0.25) is 0 Å². The van der Waals surface area contributed by atoms with Gasteiger partial charge in [0.05, 0.1) is 33.6 Å². The third-order valence-corrected chi connectivity index (χ3v) is 6.98. The van der Waals surface area contributed by atoms with E-state index in [0.717, 1.165) is 41.5 Å². The quantitative estimate of drug-likeness (QED) is 0.549. The van der Waals surface area contributed by atoms with Crippen LogP contribution in [0.15, 0.2) is 24.3 Å². The number of fused-ring (bicyclic) bond motifs is 1. The number of carbonyl (C=O) groups excluding carboxylic acids is 2. The van der Waals surface area contributed by atoms with E-state index in [1.54, 1.807) is 19.1 Å². The molecule has 4 rings (SSSR count). The smallest absolute Gasteiger partial charge is 0.340 e. The van der Waals surface area contributed by atoms with Crippen LogP contribution in [-0.4, -0.2) is 40.7 Å². The number of benzene rings is 1. The number of ether oxygens (including phenoxy) is 1. The molecule has 0 spiro atoms. The number of anilines is 1. The third-order valence-electron chi connectivity index (χ3n) is 5.80. The topological polar surface area (TPSA) is 101 Å². The fourth-order valence-corrected chi connectivity index (χ4v) is 5.23. The first-order valence-electron chi connectivity index (χ1n) is 10.5. The van der Waals surface area contributed by atoms with Crippen LogP contribution in [0.25, 0.3) is 10.2 Å². The number of aliphatic hydroxyl groups excluding tert-OH is 1. The highest BCUT2D eigenvalue weighted by atomic mass is 32.1. The lowest BCUT2D eigenvalue weighted by Gasteiger charge is -2.25. The zero-order chi connectivity index (χ0) is 22.8. The Labute approximate surface area is 188 Å². The highest BCUT2D eigenvalue weighted by molar-refractivity contribution is 7.18. The Morgan fingerprint density at radius 3 is 2.59 bits per heavy atom. The summed E-state index contributed by atoms with van der Waals surface area (Å²) >= 11 is 1.53. The maximum atomic E-state index is 13.7. The number of nitrogens with one attached hydrogen (secondary N) is 1. The molecule has 1 aliphatic carbocycles. The van der Waals surface area contributed by atoms with Gasteiger partial charge >= 0.3 is 5.97 Å². The first kappa shape index (κ1) is 22.3. The number of carbonyl (C=O) groups is 2. The summed E-state index contributed by atoms with van der Waals surface area (Å²) in [5, 5.41) is 13.0. The molecule has 0 saturated heterocycles. The molecule has 0 atom stereocenters. The number of aliphatic hydroxyl groups is 1. The van der Waals surface area contributed by atoms with Gasteiger partial charge in [0.2, 0.25) is 0 Å². The number of methoxy groups -OCH3 is 1. The Morgan fingerprint density at radius 2 is 1.94 bits per heavy atom. The summed E-state index contributed by atoms with van der Waals surface area (Å²) in [7, 11) is 1.27. The van der Waals surface area contributed by atoms with E-state index in [2.05, 4.69) is 10.3 Å². The molecular formula is C23H24FN3O4S. The number of aryl methyl sites for hydroxylation is 1. The number of aromatic nitrogens is 2. The monoisotopic (exact) mass is 457 g/mol. The fraction of sp³-hybridized carbons (Fsp3) is 0.391. The lowest BCUT2D eigenvalue weighted by Crippen LogP contribution is -2.17. The molecule has 1 saturated carbocycles. The normalized spacial score (nSPS) is 18.5. The van der Waals surface area contributed by atoms with Crippen molar-refractivity contribution in [2.24, 2.45) is 5.92 Å². The summed E-state index contributed by atoms with van der Waals surface area (Å²) in [6.07, 6.45) is 3.85. The van der Waals surface area contributed by atoms with Gasteiger partial charge in [0.1, 0.15) is 11.5 Å². The molecule has 0 radical (unpaired) electrons. The summed E-state index contributed by atoms with van der Waals surface area (Å²) in [4.78, 5) is 33.9. The number of halogens is 1. The molecule has 3 aromatic rings. The largest absolute Gasteiger partial charge is 0.465 e. The summed E-state index contributed by atoms with van der Waals surface area (Å²) in [6, 6.07) is 5.59. The first-order valence-corrected chi connectivity index (χ1v) is 11.3. The molecule has 168 valence electrons. The Bertz CT molecular complexity index is 1150. The Hall–Kier alpha value is -2.91. The SMILES string of the molecule is COC(=O)c1cc2nc([C@H]3CC[C@H](CO)CC3)sc2cc1NC(=O)c1cc(F)cc(C)n1. The van der Waals surface area contributed by atoms with Gasteiger partial charge in [-0.15, -0.1) is 11.3 Å². The molecule has 0 bridgehead atoms. The van der Waals surface area contributed by atoms with E-state index in [0.29, 0.717) is 23.0 Å². The van der Waals surface area contributed by atoms with Crippen LogP contribution in [0.5, 0.6) is 0 Å². The van der Waals surface area contributed by atoms with Crippen LogP contribution in [-0.2, 0) is 4.74 Å². The molecule has 1 aromatic carbocycles. The maximum Gasteiger partial charge on any atom is 0.340 e. The van der Waals surface area contributed by atoms with Gasteiger partial charge in [0, 0.05) is 24.3 Å². The van der Waals surface area contributed by atoms with E-state index in [9.17, 15) is 19.1 Å².